The molecule has 1 spiro atoms. The molecule has 2 aliphatic heterocycles. The molecule has 1 fully saturated rings. The minimum Gasteiger partial charge on any atom is -0.484 e. The van der Waals surface area contributed by atoms with Crippen LogP contribution < -0.4 is 0 Å². The number of ether oxygens (including phenoxy) is 2. The van der Waals surface area contributed by atoms with Crippen molar-refractivity contribution in [2.75, 3.05) is 26.9 Å². The van der Waals surface area contributed by atoms with Crippen LogP contribution in [0.15, 0.2) is 4.99 Å². The number of rotatable bonds is 0. The Kier molecular flexibility index (Phi) is 1.60. The minimum absolute atomic E-state index is 0.311. The second kappa shape index (κ2) is 2.48. The summed E-state index contributed by atoms with van der Waals surface area (Å²) in [6.45, 7) is 2.66. The van der Waals surface area contributed by atoms with Gasteiger partial charge in [-0.1, -0.05) is 0 Å². The fraction of sp³-hybridized carbons (Fsp3) is 0.875. The molecule has 0 aliphatic carbocycles. The SMILES string of the molecule is COC1=NCC2(CCOC2)C1. The van der Waals surface area contributed by atoms with Crippen LogP contribution in [-0.2, 0) is 9.47 Å². The molecule has 0 amide bonds. The van der Waals surface area contributed by atoms with E-state index < -0.39 is 0 Å². The van der Waals surface area contributed by atoms with Gasteiger partial charge >= 0.3 is 0 Å². The van der Waals surface area contributed by atoms with Crippen molar-refractivity contribution in [3.63, 3.8) is 0 Å². The molecule has 2 heterocycles. The highest BCUT2D eigenvalue weighted by atomic mass is 16.5. The first-order valence-corrected chi connectivity index (χ1v) is 4.00. The van der Waals surface area contributed by atoms with Crippen LogP contribution in [0, 0.1) is 5.41 Å². The smallest absolute Gasteiger partial charge is 0.183 e. The molecule has 0 aromatic rings. The van der Waals surface area contributed by atoms with Crippen LogP contribution in [0.25, 0.3) is 0 Å². The van der Waals surface area contributed by atoms with Crippen molar-refractivity contribution in [3.05, 3.63) is 0 Å². The zero-order chi connectivity index (χ0) is 7.73. The van der Waals surface area contributed by atoms with Crippen molar-refractivity contribution < 1.29 is 9.47 Å². The average Bonchev–Trinajstić information content (AvgIpc) is 2.62. The van der Waals surface area contributed by atoms with Crippen molar-refractivity contribution >= 4 is 5.90 Å². The Hall–Kier alpha value is -0.570. The summed E-state index contributed by atoms with van der Waals surface area (Å²) >= 11 is 0. The van der Waals surface area contributed by atoms with Crippen molar-refractivity contribution in [2.45, 2.75) is 12.8 Å². The lowest BCUT2D eigenvalue weighted by molar-refractivity contribution is 0.160. The Morgan fingerprint density at radius 2 is 2.55 bits per heavy atom. The van der Waals surface area contributed by atoms with E-state index in [0.29, 0.717) is 5.41 Å². The van der Waals surface area contributed by atoms with Gasteiger partial charge in [0.25, 0.3) is 0 Å². The van der Waals surface area contributed by atoms with Crippen LogP contribution in [0.5, 0.6) is 0 Å². The first kappa shape index (κ1) is 7.10. The van der Waals surface area contributed by atoms with Gasteiger partial charge in [0.1, 0.15) is 0 Å². The molecule has 0 bridgehead atoms. The van der Waals surface area contributed by atoms with E-state index in [4.69, 9.17) is 9.47 Å². The van der Waals surface area contributed by atoms with E-state index in [1.54, 1.807) is 7.11 Å². The van der Waals surface area contributed by atoms with Gasteiger partial charge in [0, 0.05) is 18.4 Å². The Labute approximate surface area is 66.4 Å². The largest absolute Gasteiger partial charge is 0.484 e. The molecule has 0 N–H and O–H groups in total. The normalized spacial score (nSPS) is 36.3. The number of hydrogen-bond acceptors (Lipinski definition) is 3. The summed E-state index contributed by atoms with van der Waals surface area (Å²) in [6.07, 6.45) is 2.12. The van der Waals surface area contributed by atoms with Gasteiger partial charge in [-0.15, -0.1) is 0 Å². The Bertz CT molecular complexity index is 183. The summed E-state index contributed by atoms with van der Waals surface area (Å²) in [5.41, 5.74) is 0.311. The van der Waals surface area contributed by atoms with Gasteiger partial charge < -0.3 is 9.47 Å². The summed E-state index contributed by atoms with van der Waals surface area (Å²) in [6, 6.07) is 0. The van der Waals surface area contributed by atoms with Gasteiger partial charge in [-0.25, -0.2) is 0 Å². The van der Waals surface area contributed by atoms with E-state index in [1.165, 1.54) is 0 Å². The second-order valence-electron chi connectivity index (χ2n) is 3.39. The van der Waals surface area contributed by atoms with E-state index in [2.05, 4.69) is 4.99 Å². The Balaban J connectivity index is 2.01. The first-order chi connectivity index (χ1) is 5.35. The van der Waals surface area contributed by atoms with Crippen LogP contribution in [0.4, 0.5) is 0 Å². The summed E-state index contributed by atoms with van der Waals surface area (Å²) in [7, 11) is 1.69. The van der Waals surface area contributed by atoms with Gasteiger partial charge in [0.05, 0.1) is 20.3 Å². The van der Waals surface area contributed by atoms with Crippen LogP contribution in [0.1, 0.15) is 12.8 Å². The molecule has 0 aromatic heterocycles. The van der Waals surface area contributed by atoms with E-state index in [0.717, 1.165) is 38.5 Å². The van der Waals surface area contributed by atoms with Gasteiger partial charge in [-0.2, -0.15) is 0 Å². The van der Waals surface area contributed by atoms with Crippen LogP contribution >= 0.6 is 0 Å². The van der Waals surface area contributed by atoms with Gasteiger partial charge in [-0.05, 0) is 6.42 Å². The highest BCUT2D eigenvalue weighted by Crippen LogP contribution is 2.36. The second-order valence-corrected chi connectivity index (χ2v) is 3.39. The number of aliphatic imine (C=N–C) groups is 1. The molecule has 1 saturated heterocycles. The maximum atomic E-state index is 5.35. The highest BCUT2D eigenvalue weighted by molar-refractivity contribution is 5.78. The summed E-state index contributed by atoms with van der Waals surface area (Å²) in [5.74, 6) is 0.899. The molecule has 2 aliphatic rings. The third kappa shape index (κ3) is 1.13. The first-order valence-electron chi connectivity index (χ1n) is 4.00. The predicted octanol–water partition coefficient (Wildman–Crippen LogP) is 0.842. The number of methoxy groups -OCH3 is 1. The lowest BCUT2D eigenvalue weighted by Gasteiger charge is -2.17. The fourth-order valence-corrected chi connectivity index (χ4v) is 1.74. The Morgan fingerprint density at radius 3 is 3.09 bits per heavy atom. The standard InChI is InChI=1S/C8H13NO2/c1-10-7-4-8(5-9-7)2-3-11-6-8/h2-6H2,1H3. The van der Waals surface area contributed by atoms with Gasteiger partial charge in [-0.3, -0.25) is 4.99 Å². The molecule has 0 aromatic carbocycles. The molecule has 1 unspecified atom stereocenters. The van der Waals surface area contributed by atoms with E-state index in [1.807, 2.05) is 0 Å². The molecular formula is C8H13NO2. The number of hydrogen-bond donors (Lipinski definition) is 0. The van der Waals surface area contributed by atoms with Crippen LogP contribution in [-0.4, -0.2) is 32.8 Å². The molecule has 3 heteroatoms. The van der Waals surface area contributed by atoms with Crippen molar-refractivity contribution in [2.24, 2.45) is 10.4 Å². The number of nitrogens with zero attached hydrogens (tertiary/aromatic N) is 1. The fourth-order valence-electron chi connectivity index (χ4n) is 1.74. The zero-order valence-electron chi connectivity index (χ0n) is 6.80. The molecule has 1 atom stereocenters. The van der Waals surface area contributed by atoms with Crippen LogP contribution in [0.2, 0.25) is 0 Å². The topological polar surface area (TPSA) is 30.8 Å². The lowest BCUT2D eigenvalue weighted by atomic mass is 9.86. The maximum Gasteiger partial charge on any atom is 0.183 e. The average molecular weight is 155 g/mol. The van der Waals surface area contributed by atoms with E-state index in [-0.39, 0.29) is 0 Å². The molecule has 62 valence electrons. The lowest BCUT2D eigenvalue weighted by Crippen LogP contribution is -2.22. The van der Waals surface area contributed by atoms with Crippen LogP contribution in [0.3, 0.4) is 0 Å². The molecule has 2 rings (SSSR count). The van der Waals surface area contributed by atoms with E-state index >= 15 is 0 Å². The third-order valence-corrected chi connectivity index (χ3v) is 2.54. The van der Waals surface area contributed by atoms with Gasteiger partial charge in [0.2, 0.25) is 0 Å². The molecule has 0 saturated carbocycles. The third-order valence-electron chi connectivity index (χ3n) is 2.54. The highest BCUT2D eigenvalue weighted by Gasteiger charge is 2.40. The van der Waals surface area contributed by atoms with E-state index in [9.17, 15) is 0 Å². The predicted molar refractivity (Wildman–Crippen MR) is 41.8 cm³/mol. The molecule has 3 nitrogen and oxygen atoms in total. The van der Waals surface area contributed by atoms with Crippen molar-refractivity contribution in [1.82, 2.24) is 0 Å². The van der Waals surface area contributed by atoms with Gasteiger partial charge in [0.15, 0.2) is 5.90 Å². The quantitative estimate of drug-likeness (QED) is 0.519. The van der Waals surface area contributed by atoms with Crippen molar-refractivity contribution in [1.29, 1.82) is 0 Å². The Morgan fingerprint density at radius 1 is 1.64 bits per heavy atom. The monoisotopic (exact) mass is 155 g/mol. The molecular weight excluding hydrogens is 142 g/mol. The zero-order valence-corrected chi connectivity index (χ0v) is 6.80. The minimum atomic E-state index is 0.311. The summed E-state index contributed by atoms with van der Waals surface area (Å²) in [5, 5.41) is 0. The molecule has 0 radical (unpaired) electrons. The molecule has 11 heavy (non-hydrogen) atoms. The maximum absolute atomic E-state index is 5.35. The van der Waals surface area contributed by atoms with Crippen molar-refractivity contribution in [3.8, 4) is 0 Å². The summed E-state index contributed by atoms with van der Waals surface area (Å²) in [4.78, 5) is 4.30. The summed E-state index contributed by atoms with van der Waals surface area (Å²) < 4.78 is 10.4.